The van der Waals surface area contributed by atoms with E-state index in [1.807, 2.05) is 68.0 Å². The normalized spacial score (nSPS) is 12.1. The highest BCUT2D eigenvalue weighted by atomic mass is 32.1. The maximum Gasteiger partial charge on any atom is 0.0456 e. The first kappa shape index (κ1) is 29.9. The largest absolute Gasteiger partial charge is 0.140 e. The predicted molar refractivity (Wildman–Crippen MR) is 203 cm³/mol. The molecule has 0 unspecified atom stereocenters. The molecule has 6 heteroatoms. The van der Waals surface area contributed by atoms with Crippen LogP contribution >= 0.6 is 68.0 Å². The fourth-order valence-electron chi connectivity index (χ4n) is 5.95. The van der Waals surface area contributed by atoms with E-state index in [4.69, 9.17) is 0 Å². The van der Waals surface area contributed by atoms with Gasteiger partial charge in [0.05, 0.1) is 0 Å². The van der Waals surface area contributed by atoms with Crippen molar-refractivity contribution in [2.75, 3.05) is 0 Å². The summed E-state index contributed by atoms with van der Waals surface area (Å²) in [5, 5.41) is 4.32. The molecule has 0 bridgehead atoms. The van der Waals surface area contributed by atoms with Crippen LogP contribution in [-0.2, 0) is 12.8 Å². The molecule has 0 atom stereocenters. The van der Waals surface area contributed by atoms with Gasteiger partial charge >= 0.3 is 0 Å². The van der Waals surface area contributed by atoms with Crippen LogP contribution < -0.4 is 0 Å². The number of hydrogen-bond acceptors (Lipinski definition) is 6. The van der Waals surface area contributed by atoms with Crippen molar-refractivity contribution in [2.45, 2.75) is 85.0 Å². The lowest BCUT2D eigenvalue weighted by atomic mass is 10.1. The number of hydrogen-bond donors (Lipinski definition) is 0. The van der Waals surface area contributed by atoms with E-state index in [-0.39, 0.29) is 0 Å². The van der Waals surface area contributed by atoms with E-state index < -0.39 is 0 Å². The van der Waals surface area contributed by atoms with E-state index >= 15 is 0 Å². The fraction of sp³-hybridized carbons (Fsp3) is 0.351. The molecule has 0 aliphatic rings. The zero-order valence-corrected chi connectivity index (χ0v) is 30.1. The van der Waals surface area contributed by atoms with E-state index in [0.717, 1.165) is 0 Å². The summed E-state index contributed by atoms with van der Waals surface area (Å²) in [5.41, 5.74) is 0. The first-order chi connectivity index (χ1) is 21.1. The third-order valence-electron chi connectivity index (χ3n) is 8.28. The number of benzene rings is 1. The zero-order chi connectivity index (χ0) is 29.3. The Labute approximate surface area is 279 Å². The Kier molecular flexibility index (Phi) is 9.23. The van der Waals surface area contributed by atoms with Crippen LogP contribution in [0.15, 0.2) is 54.6 Å². The summed E-state index contributed by atoms with van der Waals surface area (Å²) < 4.78 is 4.38. The molecule has 7 aromatic rings. The van der Waals surface area contributed by atoms with Crippen molar-refractivity contribution >= 4 is 98.3 Å². The van der Waals surface area contributed by atoms with Gasteiger partial charge in [-0.3, -0.25) is 0 Å². The first-order valence-corrected chi connectivity index (χ1v) is 20.7. The van der Waals surface area contributed by atoms with Gasteiger partial charge in [-0.25, -0.2) is 0 Å². The van der Waals surface area contributed by atoms with E-state index in [9.17, 15) is 0 Å². The van der Waals surface area contributed by atoms with Crippen LogP contribution in [0.2, 0.25) is 0 Å². The summed E-state index contributed by atoms with van der Waals surface area (Å²) in [6, 6.07) is 21.6. The Morgan fingerprint density at radius 1 is 0.419 bits per heavy atom. The van der Waals surface area contributed by atoms with Crippen LogP contribution in [0.4, 0.5) is 0 Å². The molecule has 0 saturated heterocycles. The molecule has 0 N–H and O–H groups in total. The Hall–Kier alpha value is -1.80. The molecule has 0 radical (unpaired) electrons. The molecule has 0 aliphatic carbocycles. The molecular weight excluding hydrogens is 637 g/mol. The lowest BCUT2D eigenvalue weighted by Gasteiger charge is -1.96. The summed E-state index contributed by atoms with van der Waals surface area (Å²) >= 11 is 11.9. The summed E-state index contributed by atoms with van der Waals surface area (Å²) in [6.45, 7) is 6.80. The summed E-state index contributed by atoms with van der Waals surface area (Å²) in [7, 11) is 0. The molecule has 222 valence electrons. The smallest absolute Gasteiger partial charge is 0.0456 e. The van der Waals surface area contributed by atoms with Gasteiger partial charge in [0.25, 0.3) is 0 Å². The highest BCUT2D eigenvalue weighted by Gasteiger charge is 2.20. The van der Waals surface area contributed by atoms with Crippen LogP contribution in [0.5, 0.6) is 0 Å². The van der Waals surface area contributed by atoms with Crippen LogP contribution in [-0.4, -0.2) is 0 Å². The average molecular weight is 675 g/mol. The molecule has 1 aromatic carbocycles. The molecule has 0 nitrogen and oxygen atoms in total. The number of thiophene rings is 6. The Bertz CT molecular complexity index is 1860. The molecule has 6 heterocycles. The van der Waals surface area contributed by atoms with Gasteiger partial charge < -0.3 is 0 Å². The second kappa shape index (κ2) is 13.3. The molecule has 0 aliphatic heterocycles. The lowest BCUT2D eigenvalue weighted by molar-refractivity contribution is 0.670. The quantitative estimate of drug-likeness (QED) is 0.107. The van der Waals surface area contributed by atoms with Crippen molar-refractivity contribution in [3.63, 3.8) is 0 Å². The minimum Gasteiger partial charge on any atom is -0.140 e. The van der Waals surface area contributed by atoms with Crippen molar-refractivity contribution in [3.05, 3.63) is 69.2 Å². The number of fused-ring (bicyclic) bond motifs is 6. The molecule has 6 aromatic heterocycles. The van der Waals surface area contributed by atoms with Gasteiger partial charge in [0, 0.05) is 74.2 Å². The van der Waals surface area contributed by atoms with Gasteiger partial charge in [-0.15, -0.1) is 68.0 Å². The number of rotatable bonds is 13. The van der Waals surface area contributed by atoms with Crippen molar-refractivity contribution in [2.24, 2.45) is 0 Å². The van der Waals surface area contributed by atoms with Gasteiger partial charge in [0.15, 0.2) is 0 Å². The molecule has 0 saturated carbocycles. The monoisotopic (exact) mass is 674 g/mol. The maximum atomic E-state index is 2.51. The second-order valence-corrected chi connectivity index (χ2v) is 18.4. The highest BCUT2D eigenvalue weighted by Crippen LogP contribution is 2.52. The topological polar surface area (TPSA) is 0 Å². The summed E-state index contributed by atoms with van der Waals surface area (Å²) in [5.74, 6) is 0. The second-order valence-electron chi connectivity index (χ2n) is 11.6. The van der Waals surface area contributed by atoms with E-state index in [0.29, 0.717) is 0 Å². The zero-order valence-electron chi connectivity index (χ0n) is 25.2. The van der Waals surface area contributed by atoms with Gasteiger partial charge in [0.1, 0.15) is 0 Å². The van der Waals surface area contributed by atoms with Gasteiger partial charge in [0.2, 0.25) is 0 Å². The van der Waals surface area contributed by atoms with Crippen molar-refractivity contribution in [1.82, 2.24) is 0 Å². The van der Waals surface area contributed by atoms with Crippen LogP contribution in [0.25, 0.3) is 59.5 Å². The van der Waals surface area contributed by atoms with Crippen LogP contribution in [0.3, 0.4) is 0 Å². The minimum atomic E-state index is 1.22. The summed E-state index contributed by atoms with van der Waals surface area (Å²) in [4.78, 5) is 13.0. The third-order valence-corrected chi connectivity index (χ3v) is 15.7. The van der Waals surface area contributed by atoms with Crippen molar-refractivity contribution in [3.8, 4) is 29.3 Å². The van der Waals surface area contributed by atoms with Crippen LogP contribution in [0.1, 0.15) is 79.8 Å². The molecule has 43 heavy (non-hydrogen) atoms. The number of unbranched alkanes of at least 4 members (excludes halogenated alkanes) is 6. The van der Waals surface area contributed by atoms with Gasteiger partial charge in [-0.05, 0) is 87.2 Å². The van der Waals surface area contributed by atoms with Gasteiger partial charge in [-0.2, -0.15) is 0 Å². The SMILES string of the molecule is CCCCCCc1ccc(-c2cc3c(s2)c2cc(-c4ccc(C)s4)sc2c2cc(-c4ccc(CCCCCC)s4)sc23)s1. The molecular formula is C37H38S6. The Morgan fingerprint density at radius 3 is 1.23 bits per heavy atom. The number of aryl methyl sites for hydroxylation is 3. The maximum absolute atomic E-state index is 2.51. The standard InChI is InChI=1S/C37H38S6/c1-4-6-8-10-12-24-15-18-30(39-24)33-21-27-35-26(20-32(41-35)29-17-14-23(3)38-29)36-28(37(27)43-33)22-34(42-36)31-19-16-25(40-31)13-11-9-7-5-2/h14-22H,4-13H2,1-3H3. The van der Waals surface area contributed by atoms with Crippen molar-refractivity contribution in [1.29, 1.82) is 0 Å². The lowest BCUT2D eigenvalue weighted by Crippen LogP contribution is -1.80. The van der Waals surface area contributed by atoms with Crippen molar-refractivity contribution < 1.29 is 0 Å². The Morgan fingerprint density at radius 2 is 0.837 bits per heavy atom. The Balaban J connectivity index is 1.30. The summed E-state index contributed by atoms with van der Waals surface area (Å²) in [6.07, 6.45) is 13.0. The third kappa shape index (κ3) is 6.21. The molecule has 0 fully saturated rings. The van der Waals surface area contributed by atoms with E-state index in [1.165, 1.54) is 138 Å². The van der Waals surface area contributed by atoms with E-state index in [2.05, 4.69) is 75.4 Å². The van der Waals surface area contributed by atoms with Gasteiger partial charge in [-0.1, -0.05) is 52.4 Å². The first-order valence-electron chi connectivity index (χ1n) is 15.8. The molecule has 0 amide bonds. The fourth-order valence-corrected chi connectivity index (χ4v) is 12.9. The average Bonchev–Trinajstić information content (AvgIpc) is 3.84. The minimum absolute atomic E-state index is 1.22. The molecule has 0 spiro atoms. The van der Waals surface area contributed by atoms with Crippen LogP contribution in [0, 0.1) is 6.92 Å². The highest BCUT2D eigenvalue weighted by molar-refractivity contribution is 7.32. The molecule has 7 rings (SSSR count). The predicted octanol–water partition coefficient (Wildman–Crippen LogP) is 15.1. The van der Waals surface area contributed by atoms with E-state index in [1.54, 1.807) is 0 Å².